The smallest absolute Gasteiger partial charge is 0.872 e. The number of fused-ring (bicyclic) bond motifs is 3. The molecular weight excluding hydrogens is 1050 g/mol. The molecule has 0 saturated carbocycles. The van der Waals surface area contributed by atoms with Crippen LogP contribution in [0.2, 0.25) is 0 Å². The zero-order chi connectivity index (χ0) is 55.1. The van der Waals surface area contributed by atoms with Crippen LogP contribution < -0.4 is 31.5 Å². The fourth-order valence-corrected chi connectivity index (χ4v) is 10.8. The summed E-state index contributed by atoms with van der Waals surface area (Å²) in [7, 11) is 0. The third kappa shape index (κ3) is 14.8. The predicted molar refractivity (Wildman–Crippen MR) is 320 cm³/mol. The fourth-order valence-electron chi connectivity index (χ4n) is 10.8. The van der Waals surface area contributed by atoms with Gasteiger partial charge in [0.1, 0.15) is 0 Å². The van der Waals surface area contributed by atoms with Gasteiger partial charge in [-0.15, -0.1) is 11.5 Å². The molecule has 0 fully saturated rings. The van der Waals surface area contributed by atoms with Crippen molar-refractivity contribution in [2.45, 2.75) is 135 Å². The molecule has 0 aliphatic heterocycles. The van der Waals surface area contributed by atoms with Crippen LogP contribution in [0.25, 0.3) is 21.5 Å². The van der Waals surface area contributed by atoms with E-state index in [-0.39, 0.29) is 57.7 Å². The van der Waals surface area contributed by atoms with E-state index in [9.17, 15) is 10.2 Å². The summed E-state index contributed by atoms with van der Waals surface area (Å²) in [5.41, 5.74) is 24.4. The van der Waals surface area contributed by atoms with E-state index < -0.39 is 11.5 Å². The summed E-state index contributed by atoms with van der Waals surface area (Å²) < 4.78 is 0. The van der Waals surface area contributed by atoms with Gasteiger partial charge in [0, 0.05) is 22.7 Å². The quantitative estimate of drug-likeness (QED) is 0.0893. The van der Waals surface area contributed by atoms with Gasteiger partial charge >= 0.3 is 33.6 Å². The van der Waals surface area contributed by atoms with E-state index in [1.807, 2.05) is 24.3 Å². The van der Waals surface area contributed by atoms with Gasteiger partial charge in [-0.3, -0.25) is 9.97 Å². The van der Waals surface area contributed by atoms with Crippen molar-refractivity contribution in [3.05, 3.63) is 223 Å². The minimum Gasteiger partial charge on any atom is -0.872 e. The number of hydrogen-bond acceptors (Lipinski definition) is 8. The summed E-state index contributed by atoms with van der Waals surface area (Å²) >= 11 is 0. The molecule has 0 radical (unpaired) electrons. The number of aryl methyl sites for hydroxylation is 12. The average Bonchev–Trinajstić information content (AvgIpc) is 3.41. The number of benzene rings is 7. The van der Waals surface area contributed by atoms with Crippen molar-refractivity contribution < 1.29 is 43.8 Å². The van der Waals surface area contributed by atoms with E-state index in [1.165, 1.54) is 89.5 Å². The summed E-state index contributed by atoms with van der Waals surface area (Å²) in [6.07, 6.45) is 0. The van der Waals surface area contributed by atoms with E-state index in [1.54, 1.807) is 24.3 Å². The Balaban J connectivity index is 0.000000222. The van der Waals surface area contributed by atoms with Crippen molar-refractivity contribution in [3.63, 3.8) is 0 Å². The number of aromatic nitrogens is 2. The molecule has 0 spiro atoms. The normalized spacial score (nSPS) is 12.3. The molecule has 7 aromatic carbocycles. The van der Waals surface area contributed by atoms with Gasteiger partial charge in [0.15, 0.2) is 0 Å². The third-order valence-electron chi connectivity index (χ3n) is 14.4. The molecule has 0 amide bonds. The second-order valence-corrected chi connectivity index (χ2v) is 21.3. The first-order valence-electron chi connectivity index (χ1n) is 26.7. The van der Waals surface area contributed by atoms with Crippen LogP contribution in [-0.2, 0) is 33.6 Å². The Morgan fingerprint density at radius 1 is 0.295 bits per heavy atom. The predicted octanol–water partition coefficient (Wildman–Crippen LogP) is 16.7. The standard InChI is InChI=1S/2C27H35N3.C14H10O2.2Co/c2*1-16-12-18(3)26(19(4)13-16)28-22(7)24-10-9-11-25(30-24)23(8)29-27-20(5)14-17(2)15-21(27)6;15-13-11-7-3-1-5-9(11)10-6-2-4-8-12(10)14(13)16;;/h2*9-15,22-23,28-29H,1-8H3;1-8,15-16H;;/q;;;2*+1/p-2. The van der Waals surface area contributed by atoms with Crippen molar-refractivity contribution >= 4 is 44.3 Å². The summed E-state index contributed by atoms with van der Waals surface area (Å²) in [5.74, 6) is -0.816. The molecule has 9 aromatic rings. The molecular formula is C68H78Co2N6O2. The second-order valence-electron chi connectivity index (χ2n) is 21.3. The Morgan fingerprint density at radius 2 is 0.487 bits per heavy atom. The van der Waals surface area contributed by atoms with Crippen LogP contribution in [0.15, 0.2) is 133 Å². The molecule has 4 atom stereocenters. The summed E-state index contributed by atoms with van der Waals surface area (Å²) in [6.45, 7) is 34.6. The Bertz CT molecular complexity index is 3050. The Morgan fingerprint density at radius 3 is 0.692 bits per heavy atom. The maximum absolute atomic E-state index is 11.8. The second kappa shape index (κ2) is 27.2. The summed E-state index contributed by atoms with van der Waals surface area (Å²) in [5, 5.41) is 41.1. The molecule has 2 aromatic heterocycles. The van der Waals surface area contributed by atoms with Gasteiger partial charge in [-0.2, -0.15) is 0 Å². The van der Waals surface area contributed by atoms with Gasteiger partial charge in [0.2, 0.25) is 0 Å². The average molecular weight is 1130 g/mol. The van der Waals surface area contributed by atoms with Crippen LogP contribution in [0.5, 0.6) is 11.5 Å². The van der Waals surface area contributed by atoms with Crippen LogP contribution in [0, 0.1) is 83.1 Å². The van der Waals surface area contributed by atoms with Crippen molar-refractivity contribution in [1.29, 1.82) is 0 Å². The molecule has 8 nitrogen and oxygen atoms in total. The zero-order valence-corrected chi connectivity index (χ0v) is 50.5. The molecule has 0 aliphatic carbocycles. The van der Waals surface area contributed by atoms with Crippen LogP contribution in [-0.4, -0.2) is 9.97 Å². The number of rotatable bonds is 12. The van der Waals surface area contributed by atoms with Crippen LogP contribution in [0.3, 0.4) is 0 Å². The minimum atomic E-state index is -0.408. The van der Waals surface area contributed by atoms with E-state index in [4.69, 9.17) is 9.97 Å². The Labute approximate surface area is 485 Å². The molecule has 2 heterocycles. The third-order valence-corrected chi connectivity index (χ3v) is 14.4. The molecule has 0 saturated heterocycles. The minimum absolute atomic E-state index is 0. The number of pyridine rings is 2. The zero-order valence-electron chi connectivity index (χ0n) is 48.4. The first-order valence-corrected chi connectivity index (χ1v) is 26.7. The first-order chi connectivity index (χ1) is 36.1. The topological polar surface area (TPSA) is 120 Å². The fraction of sp³-hybridized carbons (Fsp3) is 0.294. The van der Waals surface area contributed by atoms with E-state index in [0.29, 0.717) is 10.8 Å². The van der Waals surface area contributed by atoms with Gasteiger partial charge < -0.3 is 31.5 Å². The summed E-state index contributed by atoms with van der Waals surface area (Å²) in [4.78, 5) is 9.99. The van der Waals surface area contributed by atoms with Crippen molar-refractivity contribution in [2.75, 3.05) is 21.3 Å². The van der Waals surface area contributed by atoms with Gasteiger partial charge in [-0.25, -0.2) is 0 Å². The molecule has 10 heteroatoms. The monoisotopic (exact) mass is 1130 g/mol. The maximum atomic E-state index is 11.8. The van der Waals surface area contributed by atoms with E-state index in [2.05, 4.69) is 217 Å². The first kappa shape index (κ1) is 62.0. The molecule has 78 heavy (non-hydrogen) atoms. The molecule has 4 unspecified atom stereocenters. The molecule has 4 N–H and O–H groups in total. The number of anilines is 4. The number of hydrogen-bond donors (Lipinski definition) is 4. The van der Waals surface area contributed by atoms with Gasteiger partial charge in [0.05, 0.1) is 46.9 Å². The Hall–Kier alpha value is -6.83. The SMILES string of the molecule is Cc1cc(C)c(NC(C)c2cccc(C(C)Nc3c(C)cc(C)cc3C)n2)c(C)c1.Cc1cc(C)c(NC(C)c2cccc(C(C)Nc3c(C)cc(C)cc3C)n2)c(C)c1.[Co+].[Co+].[O-]c1c([O-])c2ccccc2c2ccccc12. The summed E-state index contributed by atoms with van der Waals surface area (Å²) in [6, 6.07) is 45.4. The largest absolute Gasteiger partial charge is 1.00 e. The van der Waals surface area contributed by atoms with Crippen molar-refractivity contribution in [2.24, 2.45) is 0 Å². The van der Waals surface area contributed by atoms with E-state index >= 15 is 0 Å². The molecule has 0 aliphatic rings. The van der Waals surface area contributed by atoms with Gasteiger partial charge in [-0.1, -0.05) is 131 Å². The number of nitrogens with zero attached hydrogens (tertiary/aromatic N) is 2. The van der Waals surface area contributed by atoms with Crippen LogP contribution >= 0.6 is 0 Å². The number of nitrogens with one attached hydrogen (secondary N) is 4. The van der Waals surface area contributed by atoms with Crippen molar-refractivity contribution in [1.82, 2.24) is 9.97 Å². The van der Waals surface area contributed by atoms with Crippen LogP contribution in [0.1, 0.15) is 141 Å². The van der Waals surface area contributed by atoms with Gasteiger partial charge in [0.25, 0.3) is 0 Å². The van der Waals surface area contributed by atoms with Gasteiger partial charge in [-0.05, 0) is 201 Å². The Kier molecular flexibility index (Phi) is 21.6. The maximum Gasteiger partial charge on any atom is 1.00 e. The van der Waals surface area contributed by atoms with Crippen molar-refractivity contribution in [3.8, 4) is 11.5 Å². The molecule has 0 bridgehead atoms. The molecule has 410 valence electrons. The molecule has 9 rings (SSSR count). The van der Waals surface area contributed by atoms with Crippen LogP contribution in [0.4, 0.5) is 22.7 Å². The van der Waals surface area contributed by atoms with E-state index in [0.717, 1.165) is 33.5 Å².